The fraction of sp³-hybridized carbons (Fsp3) is 0.500. The van der Waals surface area contributed by atoms with Crippen molar-refractivity contribution in [3.8, 4) is 0 Å². The van der Waals surface area contributed by atoms with Gasteiger partial charge in [-0.2, -0.15) is 0 Å². The summed E-state index contributed by atoms with van der Waals surface area (Å²) >= 11 is 0. The Bertz CT molecular complexity index is 471. The quantitative estimate of drug-likeness (QED) is 0.840. The minimum Gasteiger partial charge on any atom is -0.453 e. The minimum absolute atomic E-state index is 0.119. The van der Waals surface area contributed by atoms with E-state index in [0.717, 1.165) is 5.56 Å². The number of hydrogen-bond acceptors (Lipinski definition) is 3. The van der Waals surface area contributed by atoms with Crippen molar-refractivity contribution in [2.45, 2.75) is 52.1 Å². The Morgan fingerprint density at radius 1 is 1.20 bits per heavy atom. The maximum absolute atomic E-state index is 11.5. The van der Waals surface area contributed by atoms with Crippen LogP contribution in [0.25, 0.3) is 0 Å². The molecule has 0 bridgehead atoms. The van der Waals surface area contributed by atoms with Crippen molar-refractivity contribution in [1.29, 1.82) is 0 Å². The maximum atomic E-state index is 11.5. The molecule has 0 radical (unpaired) electrons. The number of aryl methyl sites for hydroxylation is 1. The van der Waals surface area contributed by atoms with E-state index in [0.29, 0.717) is 6.42 Å². The summed E-state index contributed by atoms with van der Waals surface area (Å²) < 4.78 is 4.90. The number of rotatable bonds is 5. The monoisotopic (exact) mass is 277 g/mol. The van der Waals surface area contributed by atoms with Gasteiger partial charge in [0.25, 0.3) is 5.91 Å². The van der Waals surface area contributed by atoms with Gasteiger partial charge in [-0.25, -0.2) is 0 Å². The highest BCUT2D eigenvalue weighted by molar-refractivity contribution is 5.81. The average molecular weight is 277 g/mol. The Balaban J connectivity index is 2.50. The lowest BCUT2D eigenvalue weighted by Crippen LogP contribution is -2.30. The van der Waals surface area contributed by atoms with E-state index in [1.54, 1.807) is 0 Å². The fourth-order valence-corrected chi connectivity index (χ4v) is 1.73. The number of hydrogen-bond donors (Lipinski definition) is 1. The Hall–Kier alpha value is -1.84. The van der Waals surface area contributed by atoms with Gasteiger partial charge in [0.2, 0.25) is 0 Å². The van der Waals surface area contributed by atoms with Crippen LogP contribution >= 0.6 is 0 Å². The molecule has 0 heterocycles. The molecule has 0 spiro atoms. The molecule has 4 heteroatoms. The first-order chi connectivity index (χ1) is 9.20. The molecule has 20 heavy (non-hydrogen) atoms. The summed E-state index contributed by atoms with van der Waals surface area (Å²) in [6, 6.07) is 8.19. The highest BCUT2D eigenvalue weighted by Gasteiger charge is 2.15. The summed E-state index contributed by atoms with van der Waals surface area (Å²) in [4.78, 5) is 22.3. The van der Waals surface area contributed by atoms with Crippen LogP contribution < -0.4 is 5.73 Å². The molecule has 110 valence electrons. The molecule has 1 amide bonds. The smallest absolute Gasteiger partial charge is 0.306 e. The molecule has 0 fully saturated rings. The summed E-state index contributed by atoms with van der Waals surface area (Å²) in [5.74, 6) is -1.04. The predicted molar refractivity (Wildman–Crippen MR) is 78.2 cm³/mol. The zero-order valence-electron chi connectivity index (χ0n) is 12.6. The molecule has 2 N–H and O–H groups in total. The molecule has 4 nitrogen and oxygen atoms in total. The van der Waals surface area contributed by atoms with Crippen LogP contribution in [-0.2, 0) is 26.2 Å². The molecule has 1 aromatic carbocycles. The normalized spacial score (nSPS) is 12.8. The number of esters is 1. The van der Waals surface area contributed by atoms with Crippen LogP contribution in [0.2, 0.25) is 0 Å². The first-order valence-corrected chi connectivity index (χ1v) is 6.78. The second kappa shape index (κ2) is 6.55. The third-order valence-electron chi connectivity index (χ3n) is 3.15. The molecular formula is C16H23NO3. The SMILES string of the molecule is C[C@@H](OC(=O)CCc1ccc(C(C)(C)C)cc1)C(N)=O. The summed E-state index contributed by atoms with van der Waals surface area (Å²) in [5, 5.41) is 0. The topological polar surface area (TPSA) is 69.4 Å². The molecule has 0 aliphatic carbocycles. The average Bonchev–Trinajstić information content (AvgIpc) is 2.35. The van der Waals surface area contributed by atoms with Gasteiger partial charge in [0.05, 0.1) is 0 Å². The van der Waals surface area contributed by atoms with Gasteiger partial charge in [0.15, 0.2) is 6.10 Å². The van der Waals surface area contributed by atoms with Crippen molar-refractivity contribution in [2.75, 3.05) is 0 Å². The highest BCUT2D eigenvalue weighted by Crippen LogP contribution is 2.22. The number of primary amides is 1. The van der Waals surface area contributed by atoms with Crippen LogP contribution in [0.5, 0.6) is 0 Å². The lowest BCUT2D eigenvalue weighted by Gasteiger charge is -2.19. The van der Waals surface area contributed by atoms with E-state index >= 15 is 0 Å². The van der Waals surface area contributed by atoms with Gasteiger partial charge in [0, 0.05) is 6.42 Å². The fourth-order valence-electron chi connectivity index (χ4n) is 1.73. The van der Waals surface area contributed by atoms with Gasteiger partial charge in [0.1, 0.15) is 0 Å². The molecule has 0 unspecified atom stereocenters. The molecule has 1 rings (SSSR count). The summed E-state index contributed by atoms with van der Waals surface area (Å²) in [6.45, 7) is 7.94. The summed E-state index contributed by atoms with van der Waals surface area (Å²) in [6.07, 6.45) is -0.0351. The first kappa shape index (κ1) is 16.2. The van der Waals surface area contributed by atoms with Crippen molar-refractivity contribution < 1.29 is 14.3 Å². The van der Waals surface area contributed by atoms with E-state index in [4.69, 9.17) is 10.5 Å². The third-order valence-corrected chi connectivity index (χ3v) is 3.15. The lowest BCUT2D eigenvalue weighted by atomic mass is 9.86. The number of ether oxygens (including phenoxy) is 1. The Morgan fingerprint density at radius 3 is 2.20 bits per heavy atom. The molecular weight excluding hydrogens is 254 g/mol. The third kappa shape index (κ3) is 5.03. The Morgan fingerprint density at radius 2 is 1.75 bits per heavy atom. The Kier molecular flexibility index (Phi) is 5.31. The number of amides is 1. The molecule has 0 saturated heterocycles. The summed E-state index contributed by atoms with van der Waals surface area (Å²) in [7, 11) is 0. The van der Waals surface area contributed by atoms with Gasteiger partial charge in [-0.05, 0) is 29.9 Å². The lowest BCUT2D eigenvalue weighted by molar-refractivity contribution is -0.153. The van der Waals surface area contributed by atoms with Crippen molar-refractivity contribution in [3.63, 3.8) is 0 Å². The van der Waals surface area contributed by atoms with Crippen LogP contribution in [0.3, 0.4) is 0 Å². The second-order valence-corrected chi connectivity index (χ2v) is 5.98. The van der Waals surface area contributed by atoms with Crippen LogP contribution in [0.4, 0.5) is 0 Å². The molecule has 1 atom stereocenters. The van der Waals surface area contributed by atoms with E-state index in [1.807, 2.05) is 12.1 Å². The molecule has 0 aliphatic heterocycles. The predicted octanol–water partition coefficient (Wildman–Crippen LogP) is 2.33. The second-order valence-electron chi connectivity index (χ2n) is 5.98. The molecule has 0 aromatic heterocycles. The zero-order chi connectivity index (χ0) is 15.3. The number of carbonyl (C=O) groups is 2. The zero-order valence-corrected chi connectivity index (χ0v) is 12.6. The molecule has 1 aromatic rings. The van der Waals surface area contributed by atoms with Crippen LogP contribution in [0.15, 0.2) is 24.3 Å². The van der Waals surface area contributed by atoms with Gasteiger partial charge in [-0.15, -0.1) is 0 Å². The van der Waals surface area contributed by atoms with E-state index in [1.165, 1.54) is 12.5 Å². The minimum atomic E-state index is -0.870. The van der Waals surface area contributed by atoms with Gasteiger partial charge < -0.3 is 10.5 Å². The van der Waals surface area contributed by atoms with E-state index in [-0.39, 0.29) is 11.8 Å². The van der Waals surface area contributed by atoms with Crippen LogP contribution in [0, 0.1) is 0 Å². The standard InChI is InChI=1S/C16H23NO3/c1-11(15(17)19)20-14(18)10-7-12-5-8-13(9-6-12)16(2,3)4/h5-6,8-9,11H,7,10H2,1-4H3,(H2,17,19)/t11-/m1/s1. The van der Waals surface area contributed by atoms with Crippen LogP contribution in [0.1, 0.15) is 45.2 Å². The van der Waals surface area contributed by atoms with Crippen molar-refractivity contribution in [3.05, 3.63) is 35.4 Å². The van der Waals surface area contributed by atoms with Gasteiger partial charge in [-0.3, -0.25) is 9.59 Å². The number of carbonyl (C=O) groups excluding carboxylic acids is 2. The van der Waals surface area contributed by atoms with Crippen LogP contribution in [-0.4, -0.2) is 18.0 Å². The van der Waals surface area contributed by atoms with E-state index < -0.39 is 18.0 Å². The maximum Gasteiger partial charge on any atom is 0.306 e. The van der Waals surface area contributed by atoms with E-state index in [2.05, 4.69) is 32.9 Å². The highest BCUT2D eigenvalue weighted by atomic mass is 16.5. The molecule has 0 saturated carbocycles. The summed E-state index contributed by atoms with van der Waals surface area (Å²) in [5.41, 5.74) is 7.48. The van der Waals surface area contributed by atoms with Crippen molar-refractivity contribution in [1.82, 2.24) is 0 Å². The Labute approximate surface area is 120 Å². The number of nitrogens with two attached hydrogens (primary N) is 1. The van der Waals surface area contributed by atoms with E-state index in [9.17, 15) is 9.59 Å². The first-order valence-electron chi connectivity index (χ1n) is 6.78. The van der Waals surface area contributed by atoms with Crippen molar-refractivity contribution >= 4 is 11.9 Å². The molecule has 0 aliphatic rings. The largest absolute Gasteiger partial charge is 0.453 e. The van der Waals surface area contributed by atoms with Gasteiger partial charge >= 0.3 is 5.97 Å². The number of benzene rings is 1. The van der Waals surface area contributed by atoms with Gasteiger partial charge in [-0.1, -0.05) is 45.0 Å². The van der Waals surface area contributed by atoms with Crippen molar-refractivity contribution in [2.24, 2.45) is 5.73 Å².